The molecule has 0 saturated heterocycles. The summed E-state index contributed by atoms with van der Waals surface area (Å²) in [5.74, 6) is 0. The van der Waals surface area contributed by atoms with Crippen LogP contribution < -0.4 is 5.73 Å². The van der Waals surface area contributed by atoms with Gasteiger partial charge in [0.05, 0.1) is 0 Å². The molecule has 3 rings (SSSR count). The first-order valence-corrected chi connectivity index (χ1v) is 8.80. The van der Waals surface area contributed by atoms with E-state index < -0.39 is 0 Å². The number of hydrogen-bond donors (Lipinski definition) is 1. The molecule has 1 unspecified atom stereocenters. The Morgan fingerprint density at radius 2 is 1.71 bits per heavy atom. The number of hydrogen-bond acceptors (Lipinski definition) is 2. The SMILES string of the molecule is Cc1cc(C)c(CC(N)c2cc3c(s2)CCCC3)c(C)c1. The maximum absolute atomic E-state index is 6.53. The zero-order valence-corrected chi connectivity index (χ0v) is 14.1. The van der Waals surface area contributed by atoms with Crippen LogP contribution in [0.5, 0.6) is 0 Å². The number of fused-ring (bicyclic) bond motifs is 1. The van der Waals surface area contributed by atoms with Crippen LogP contribution in [0.2, 0.25) is 0 Å². The van der Waals surface area contributed by atoms with Crippen molar-refractivity contribution >= 4 is 11.3 Å². The van der Waals surface area contributed by atoms with E-state index in [9.17, 15) is 0 Å². The lowest BCUT2D eigenvalue weighted by molar-refractivity contribution is 0.695. The summed E-state index contributed by atoms with van der Waals surface area (Å²) in [5, 5.41) is 0. The largest absolute Gasteiger partial charge is 0.323 e. The lowest BCUT2D eigenvalue weighted by Gasteiger charge is -2.15. The van der Waals surface area contributed by atoms with Crippen LogP contribution in [0.25, 0.3) is 0 Å². The van der Waals surface area contributed by atoms with Gasteiger partial charge in [0.25, 0.3) is 0 Å². The molecule has 0 saturated carbocycles. The minimum atomic E-state index is 0.140. The molecule has 2 aromatic rings. The van der Waals surface area contributed by atoms with Gasteiger partial charge in [-0.3, -0.25) is 0 Å². The fraction of sp³-hybridized carbons (Fsp3) is 0.474. The van der Waals surface area contributed by atoms with Crippen molar-refractivity contribution in [3.05, 3.63) is 55.8 Å². The van der Waals surface area contributed by atoms with Gasteiger partial charge in [0.2, 0.25) is 0 Å². The van der Waals surface area contributed by atoms with E-state index in [2.05, 4.69) is 39.0 Å². The minimum Gasteiger partial charge on any atom is -0.323 e. The molecule has 0 radical (unpaired) electrons. The van der Waals surface area contributed by atoms with E-state index in [1.165, 1.54) is 52.8 Å². The predicted octanol–water partition coefficient (Wildman–Crippen LogP) is 4.79. The second kappa shape index (κ2) is 5.94. The van der Waals surface area contributed by atoms with Crippen molar-refractivity contribution in [1.82, 2.24) is 0 Å². The predicted molar refractivity (Wildman–Crippen MR) is 92.2 cm³/mol. The fourth-order valence-electron chi connectivity index (χ4n) is 3.55. The van der Waals surface area contributed by atoms with Crippen LogP contribution in [0.3, 0.4) is 0 Å². The number of thiophene rings is 1. The van der Waals surface area contributed by atoms with E-state index >= 15 is 0 Å². The maximum Gasteiger partial charge on any atom is 0.0431 e. The summed E-state index contributed by atoms with van der Waals surface area (Å²) < 4.78 is 0. The van der Waals surface area contributed by atoms with Crippen molar-refractivity contribution in [2.45, 2.75) is 58.9 Å². The molecule has 1 nitrogen and oxygen atoms in total. The Balaban J connectivity index is 1.83. The Morgan fingerprint density at radius 3 is 2.38 bits per heavy atom. The van der Waals surface area contributed by atoms with Crippen LogP contribution in [0.1, 0.15) is 56.5 Å². The molecule has 0 bridgehead atoms. The van der Waals surface area contributed by atoms with Gasteiger partial charge in [-0.25, -0.2) is 0 Å². The van der Waals surface area contributed by atoms with Crippen LogP contribution in [-0.4, -0.2) is 0 Å². The summed E-state index contributed by atoms with van der Waals surface area (Å²) >= 11 is 1.95. The molecule has 2 heteroatoms. The van der Waals surface area contributed by atoms with Crippen LogP contribution in [0.4, 0.5) is 0 Å². The summed E-state index contributed by atoms with van der Waals surface area (Å²) in [6, 6.07) is 7.06. The van der Waals surface area contributed by atoms with Crippen molar-refractivity contribution in [2.24, 2.45) is 5.73 Å². The molecule has 1 aromatic carbocycles. The summed E-state index contributed by atoms with van der Waals surface area (Å²) in [6.45, 7) is 6.58. The van der Waals surface area contributed by atoms with Gasteiger partial charge in [0, 0.05) is 15.8 Å². The van der Waals surface area contributed by atoms with E-state index in [1.807, 2.05) is 11.3 Å². The zero-order valence-electron chi connectivity index (χ0n) is 13.3. The van der Waals surface area contributed by atoms with E-state index in [0.717, 1.165) is 6.42 Å². The molecule has 1 aliphatic carbocycles. The molecule has 1 atom stereocenters. The van der Waals surface area contributed by atoms with Gasteiger partial charge in [-0.1, -0.05) is 17.7 Å². The molecular formula is C19H25NS. The first kappa shape index (κ1) is 14.8. The smallest absolute Gasteiger partial charge is 0.0431 e. The molecule has 0 fully saturated rings. The molecule has 0 aliphatic heterocycles. The summed E-state index contributed by atoms with van der Waals surface area (Å²) in [6.07, 6.45) is 6.15. The minimum absolute atomic E-state index is 0.140. The number of rotatable bonds is 3. The number of aryl methyl sites for hydroxylation is 5. The Kier molecular flexibility index (Phi) is 4.19. The third kappa shape index (κ3) is 3.07. The van der Waals surface area contributed by atoms with Crippen LogP contribution in [0.15, 0.2) is 18.2 Å². The highest BCUT2D eigenvalue weighted by molar-refractivity contribution is 7.12. The monoisotopic (exact) mass is 299 g/mol. The lowest BCUT2D eigenvalue weighted by atomic mass is 9.93. The molecule has 1 aromatic heterocycles. The topological polar surface area (TPSA) is 26.0 Å². The summed E-state index contributed by atoms with van der Waals surface area (Å²) in [7, 11) is 0. The molecule has 1 heterocycles. The van der Waals surface area contributed by atoms with Crippen LogP contribution in [0, 0.1) is 20.8 Å². The average molecular weight is 299 g/mol. The van der Waals surface area contributed by atoms with Gasteiger partial charge in [-0.05, 0) is 81.2 Å². The first-order chi connectivity index (χ1) is 10.0. The standard InChI is InChI=1S/C19H25NS/c1-12-8-13(2)16(14(3)9-12)11-17(20)19-10-15-6-4-5-7-18(15)21-19/h8-10,17H,4-7,11,20H2,1-3H3. The number of benzene rings is 1. The van der Waals surface area contributed by atoms with Crippen molar-refractivity contribution < 1.29 is 0 Å². The third-order valence-electron chi connectivity index (χ3n) is 4.65. The van der Waals surface area contributed by atoms with Crippen molar-refractivity contribution in [3.8, 4) is 0 Å². The fourth-order valence-corrected chi connectivity index (χ4v) is 4.81. The highest BCUT2D eigenvalue weighted by Gasteiger charge is 2.18. The first-order valence-electron chi connectivity index (χ1n) is 7.98. The van der Waals surface area contributed by atoms with Gasteiger partial charge in [0.15, 0.2) is 0 Å². The molecular weight excluding hydrogens is 274 g/mol. The second-order valence-corrected chi connectivity index (χ2v) is 7.66. The van der Waals surface area contributed by atoms with Gasteiger partial charge >= 0.3 is 0 Å². The Labute approximate surface area is 132 Å². The Morgan fingerprint density at radius 1 is 1.05 bits per heavy atom. The second-order valence-electron chi connectivity index (χ2n) is 6.49. The van der Waals surface area contributed by atoms with Gasteiger partial charge in [-0.15, -0.1) is 11.3 Å². The highest BCUT2D eigenvalue weighted by Crippen LogP contribution is 2.34. The van der Waals surface area contributed by atoms with Crippen LogP contribution in [-0.2, 0) is 19.3 Å². The molecule has 2 N–H and O–H groups in total. The van der Waals surface area contributed by atoms with E-state index in [1.54, 1.807) is 10.4 Å². The average Bonchev–Trinajstić information content (AvgIpc) is 2.86. The van der Waals surface area contributed by atoms with Crippen LogP contribution >= 0.6 is 11.3 Å². The lowest BCUT2D eigenvalue weighted by Crippen LogP contribution is -2.13. The highest BCUT2D eigenvalue weighted by atomic mass is 32.1. The Bertz CT molecular complexity index is 607. The third-order valence-corrected chi connectivity index (χ3v) is 6.01. The quantitative estimate of drug-likeness (QED) is 0.866. The Hall–Kier alpha value is -1.12. The molecule has 1 aliphatic rings. The number of nitrogens with two attached hydrogens (primary N) is 1. The summed E-state index contributed by atoms with van der Waals surface area (Å²) in [5.41, 5.74) is 13.6. The normalized spacial score (nSPS) is 15.8. The van der Waals surface area contributed by atoms with Gasteiger partial charge < -0.3 is 5.73 Å². The molecule has 112 valence electrons. The van der Waals surface area contributed by atoms with Gasteiger partial charge in [-0.2, -0.15) is 0 Å². The van der Waals surface area contributed by atoms with Crippen molar-refractivity contribution in [3.63, 3.8) is 0 Å². The maximum atomic E-state index is 6.53. The van der Waals surface area contributed by atoms with E-state index in [4.69, 9.17) is 5.73 Å². The van der Waals surface area contributed by atoms with Crippen molar-refractivity contribution in [1.29, 1.82) is 0 Å². The van der Waals surface area contributed by atoms with E-state index in [-0.39, 0.29) is 6.04 Å². The molecule has 0 spiro atoms. The van der Waals surface area contributed by atoms with Gasteiger partial charge in [0.1, 0.15) is 0 Å². The molecule has 0 amide bonds. The zero-order chi connectivity index (χ0) is 15.0. The van der Waals surface area contributed by atoms with E-state index in [0.29, 0.717) is 0 Å². The van der Waals surface area contributed by atoms with Crippen molar-refractivity contribution in [2.75, 3.05) is 0 Å². The summed E-state index contributed by atoms with van der Waals surface area (Å²) in [4.78, 5) is 2.96. The molecule has 21 heavy (non-hydrogen) atoms.